The lowest BCUT2D eigenvalue weighted by atomic mass is 10.0. The molecule has 102 valence electrons. The summed E-state index contributed by atoms with van der Waals surface area (Å²) in [5, 5.41) is 8.33. The summed E-state index contributed by atoms with van der Waals surface area (Å²) in [6.45, 7) is 0. The molecule has 0 heterocycles. The van der Waals surface area contributed by atoms with Crippen LogP contribution in [0.15, 0.2) is 4.99 Å². The Hall–Kier alpha value is -1.40. The number of halogens is 3. The van der Waals surface area contributed by atoms with Crippen molar-refractivity contribution in [2.75, 3.05) is 0 Å². The minimum atomic E-state index is -5.10. The molecule has 4 nitrogen and oxygen atoms in total. The molecular formula is C11H14F3NO3. The third-order valence-electron chi connectivity index (χ3n) is 2.95. The van der Waals surface area contributed by atoms with Crippen molar-refractivity contribution in [2.45, 2.75) is 44.7 Å². The van der Waals surface area contributed by atoms with Crippen LogP contribution >= 0.6 is 0 Å². The molecule has 1 amide bonds. The highest BCUT2D eigenvalue weighted by atomic mass is 19.4. The number of carboxylic acid groups (broad SMARTS) is 1. The van der Waals surface area contributed by atoms with Gasteiger partial charge in [-0.3, -0.25) is 4.79 Å². The molecule has 0 aliphatic heterocycles. The standard InChI is InChI=1S/C11H14F3NO3/c12-11(13,14)9(10(17)18)15-8(16)6-5-7-3-1-2-4-7/h7H,1-6H2,(H,17,18). The smallest absolute Gasteiger partial charge is 0.440 e. The maximum absolute atomic E-state index is 12.2. The Morgan fingerprint density at radius 1 is 1.22 bits per heavy atom. The average molecular weight is 265 g/mol. The molecule has 1 fully saturated rings. The minimum Gasteiger partial charge on any atom is -0.477 e. The molecular weight excluding hydrogens is 251 g/mol. The Morgan fingerprint density at radius 2 is 1.78 bits per heavy atom. The molecule has 1 N–H and O–H groups in total. The van der Waals surface area contributed by atoms with Crippen LogP contribution in [0, 0.1) is 5.92 Å². The lowest BCUT2D eigenvalue weighted by Crippen LogP contribution is -2.31. The van der Waals surface area contributed by atoms with Gasteiger partial charge in [0.05, 0.1) is 0 Å². The van der Waals surface area contributed by atoms with Crippen molar-refractivity contribution in [3.8, 4) is 0 Å². The third-order valence-corrected chi connectivity index (χ3v) is 2.95. The molecule has 0 atom stereocenters. The van der Waals surface area contributed by atoms with Crippen molar-refractivity contribution in [1.82, 2.24) is 0 Å². The predicted octanol–water partition coefficient (Wildman–Crippen LogP) is 2.57. The Labute approximate surface area is 102 Å². The van der Waals surface area contributed by atoms with E-state index in [-0.39, 0.29) is 6.42 Å². The number of hydrogen-bond donors (Lipinski definition) is 1. The van der Waals surface area contributed by atoms with E-state index in [1.807, 2.05) is 0 Å². The monoisotopic (exact) mass is 265 g/mol. The molecule has 0 aromatic heterocycles. The van der Waals surface area contributed by atoms with Crippen LogP contribution in [-0.4, -0.2) is 28.9 Å². The Bertz CT molecular complexity index is 357. The largest absolute Gasteiger partial charge is 0.477 e. The summed E-state index contributed by atoms with van der Waals surface area (Å²) in [5.41, 5.74) is -2.04. The fourth-order valence-electron chi connectivity index (χ4n) is 2.04. The number of rotatable bonds is 4. The second kappa shape index (κ2) is 5.97. The van der Waals surface area contributed by atoms with Gasteiger partial charge in [-0.05, 0) is 12.3 Å². The zero-order valence-corrected chi connectivity index (χ0v) is 9.66. The molecule has 0 spiro atoms. The van der Waals surface area contributed by atoms with Crippen LogP contribution in [0.3, 0.4) is 0 Å². The van der Waals surface area contributed by atoms with Crippen LogP contribution in [0.5, 0.6) is 0 Å². The number of carbonyl (C=O) groups excluding carboxylic acids is 1. The first-order chi connectivity index (χ1) is 8.30. The van der Waals surface area contributed by atoms with Crippen LogP contribution in [0.2, 0.25) is 0 Å². The molecule has 0 radical (unpaired) electrons. The molecule has 0 aromatic carbocycles. The van der Waals surface area contributed by atoms with Gasteiger partial charge in [0.2, 0.25) is 11.6 Å². The number of amides is 1. The van der Waals surface area contributed by atoms with E-state index in [2.05, 4.69) is 4.99 Å². The summed E-state index contributed by atoms with van der Waals surface area (Å²) in [6.07, 6.45) is -0.653. The third kappa shape index (κ3) is 4.46. The number of hydrogen-bond acceptors (Lipinski definition) is 2. The van der Waals surface area contributed by atoms with Crippen molar-refractivity contribution in [2.24, 2.45) is 10.9 Å². The Morgan fingerprint density at radius 3 is 2.22 bits per heavy atom. The van der Waals surface area contributed by atoms with Gasteiger partial charge < -0.3 is 5.11 Å². The van der Waals surface area contributed by atoms with Crippen molar-refractivity contribution < 1.29 is 27.9 Å². The minimum absolute atomic E-state index is 0.127. The van der Waals surface area contributed by atoms with Gasteiger partial charge in [-0.2, -0.15) is 13.2 Å². The zero-order valence-electron chi connectivity index (χ0n) is 9.66. The number of carbonyl (C=O) groups is 2. The van der Waals surface area contributed by atoms with Crippen LogP contribution in [0.1, 0.15) is 38.5 Å². The van der Waals surface area contributed by atoms with E-state index in [9.17, 15) is 22.8 Å². The topological polar surface area (TPSA) is 66.7 Å². The van der Waals surface area contributed by atoms with Gasteiger partial charge >= 0.3 is 12.1 Å². The number of aliphatic carboxylic acids is 1. The number of aliphatic imine (C=N–C) groups is 1. The van der Waals surface area contributed by atoms with Gasteiger partial charge in [-0.1, -0.05) is 25.7 Å². The molecule has 18 heavy (non-hydrogen) atoms. The maximum Gasteiger partial charge on any atom is 0.440 e. The predicted molar refractivity (Wildman–Crippen MR) is 57.3 cm³/mol. The van der Waals surface area contributed by atoms with E-state index in [4.69, 9.17) is 5.11 Å². The number of carboxylic acids is 1. The normalized spacial score (nSPS) is 18.1. The van der Waals surface area contributed by atoms with E-state index in [0.717, 1.165) is 25.7 Å². The van der Waals surface area contributed by atoms with Crippen LogP contribution in [-0.2, 0) is 9.59 Å². The lowest BCUT2D eigenvalue weighted by Gasteiger charge is -2.07. The van der Waals surface area contributed by atoms with Gasteiger partial charge in [0.25, 0.3) is 0 Å². The molecule has 0 aromatic rings. The van der Waals surface area contributed by atoms with E-state index < -0.39 is 23.8 Å². The Balaban J connectivity index is 2.56. The molecule has 1 rings (SSSR count). The molecule has 0 unspecified atom stereocenters. The van der Waals surface area contributed by atoms with Crippen LogP contribution in [0.25, 0.3) is 0 Å². The molecule has 0 saturated heterocycles. The lowest BCUT2D eigenvalue weighted by molar-refractivity contribution is -0.134. The van der Waals surface area contributed by atoms with Crippen LogP contribution in [0.4, 0.5) is 13.2 Å². The first-order valence-electron chi connectivity index (χ1n) is 5.72. The number of nitrogens with zero attached hydrogens (tertiary/aromatic N) is 1. The average Bonchev–Trinajstić information content (AvgIpc) is 2.73. The Kier molecular flexibility index (Phi) is 4.86. The van der Waals surface area contributed by atoms with E-state index in [0.29, 0.717) is 12.3 Å². The highest BCUT2D eigenvalue weighted by Crippen LogP contribution is 2.28. The molecule has 1 aliphatic rings. The highest BCUT2D eigenvalue weighted by Gasteiger charge is 2.41. The summed E-state index contributed by atoms with van der Waals surface area (Å²) in [6, 6.07) is 0. The van der Waals surface area contributed by atoms with Crippen molar-refractivity contribution in [3.63, 3.8) is 0 Å². The molecule has 0 bridgehead atoms. The van der Waals surface area contributed by atoms with Gasteiger partial charge in [-0.25, -0.2) is 9.79 Å². The molecule has 1 aliphatic carbocycles. The summed E-state index contributed by atoms with van der Waals surface area (Å²) in [4.78, 5) is 24.2. The fourth-order valence-corrected chi connectivity index (χ4v) is 2.04. The quantitative estimate of drug-likeness (QED) is 0.794. The van der Waals surface area contributed by atoms with Crippen molar-refractivity contribution >= 4 is 17.6 Å². The van der Waals surface area contributed by atoms with E-state index in [1.165, 1.54) is 0 Å². The summed E-state index contributed by atoms with van der Waals surface area (Å²) in [7, 11) is 0. The summed E-state index contributed by atoms with van der Waals surface area (Å²) >= 11 is 0. The summed E-state index contributed by atoms with van der Waals surface area (Å²) < 4.78 is 36.6. The second-order valence-electron chi connectivity index (χ2n) is 4.35. The first kappa shape index (κ1) is 14.7. The maximum atomic E-state index is 12.2. The highest BCUT2D eigenvalue weighted by molar-refractivity contribution is 6.39. The van der Waals surface area contributed by atoms with Crippen LogP contribution < -0.4 is 0 Å². The fraction of sp³-hybridized carbons (Fsp3) is 0.727. The number of alkyl halides is 3. The van der Waals surface area contributed by atoms with Gasteiger partial charge in [0, 0.05) is 6.42 Å². The second-order valence-corrected chi connectivity index (χ2v) is 4.35. The van der Waals surface area contributed by atoms with E-state index >= 15 is 0 Å². The first-order valence-corrected chi connectivity index (χ1v) is 5.72. The van der Waals surface area contributed by atoms with Crippen molar-refractivity contribution in [1.29, 1.82) is 0 Å². The molecule has 7 heteroatoms. The van der Waals surface area contributed by atoms with Gasteiger partial charge in [-0.15, -0.1) is 0 Å². The summed E-state index contributed by atoms with van der Waals surface area (Å²) in [5.74, 6) is -2.89. The zero-order chi connectivity index (χ0) is 13.8. The molecule has 1 saturated carbocycles. The van der Waals surface area contributed by atoms with Gasteiger partial charge in [0.15, 0.2) is 0 Å². The van der Waals surface area contributed by atoms with Gasteiger partial charge in [0.1, 0.15) is 0 Å². The van der Waals surface area contributed by atoms with E-state index in [1.54, 1.807) is 0 Å². The van der Waals surface area contributed by atoms with Crippen molar-refractivity contribution in [3.05, 3.63) is 0 Å². The SMILES string of the molecule is O=C(CCC1CCCC1)N=C(C(=O)O)C(F)(F)F.